The number of imidazole rings is 1. The SMILES string of the molecule is C[C@H](Cn1cnc2c(N)ncnc21)OC[PH]=O. The van der Waals surface area contributed by atoms with E-state index in [-0.39, 0.29) is 12.5 Å². The normalized spacial score (nSPS) is 13.2. The van der Waals surface area contributed by atoms with Gasteiger partial charge in [-0.2, -0.15) is 0 Å². The lowest BCUT2D eigenvalue weighted by Crippen LogP contribution is -2.15. The Balaban J connectivity index is 2.19. The van der Waals surface area contributed by atoms with Crippen molar-refractivity contribution in [3.8, 4) is 0 Å². The van der Waals surface area contributed by atoms with Crippen LogP contribution in [0.1, 0.15) is 6.92 Å². The molecular formula is C9H13N5O2P. The first-order valence-electron chi connectivity index (χ1n) is 5.10. The highest BCUT2D eigenvalue weighted by Gasteiger charge is 2.10. The number of nitrogens with two attached hydrogens (primary N) is 1. The Morgan fingerprint density at radius 3 is 3.12 bits per heavy atom. The molecule has 1 unspecified atom stereocenters. The van der Waals surface area contributed by atoms with Crippen molar-refractivity contribution in [2.75, 3.05) is 12.1 Å². The van der Waals surface area contributed by atoms with E-state index in [1.807, 2.05) is 11.5 Å². The largest absolute Gasteiger partial charge is 0.382 e. The van der Waals surface area contributed by atoms with Crippen molar-refractivity contribution >= 4 is 25.4 Å². The van der Waals surface area contributed by atoms with Crippen LogP contribution in [0, 0.1) is 0 Å². The first kappa shape index (κ1) is 11.9. The lowest BCUT2D eigenvalue weighted by atomic mass is 10.4. The summed E-state index contributed by atoms with van der Waals surface area (Å²) in [6.07, 6.45) is 3.23. The number of hydrogen-bond acceptors (Lipinski definition) is 6. The third kappa shape index (κ3) is 2.57. The highest BCUT2D eigenvalue weighted by atomic mass is 31.1. The molecule has 0 aliphatic heterocycles. The summed E-state index contributed by atoms with van der Waals surface area (Å²) < 4.78 is 17.5. The minimum Gasteiger partial charge on any atom is -0.382 e. The summed E-state index contributed by atoms with van der Waals surface area (Å²) in [5.74, 6) is 0.364. The number of nitrogen functional groups attached to an aromatic ring is 1. The van der Waals surface area contributed by atoms with Crippen molar-refractivity contribution in [3.63, 3.8) is 0 Å². The topological polar surface area (TPSA) is 95.9 Å². The molecule has 0 amide bonds. The molecule has 7 nitrogen and oxygen atoms in total. The van der Waals surface area contributed by atoms with Gasteiger partial charge < -0.3 is 15.0 Å². The van der Waals surface area contributed by atoms with Crippen LogP contribution in [-0.2, 0) is 15.8 Å². The highest BCUT2D eigenvalue weighted by molar-refractivity contribution is 7.23. The van der Waals surface area contributed by atoms with Crippen LogP contribution >= 0.6 is 8.46 Å². The summed E-state index contributed by atoms with van der Waals surface area (Å²) in [6, 6.07) is 0. The molecule has 91 valence electrons. The number of anilines is 1. The molecule has 2 N–H and O–H groups in total. The van der Waals surface area contributed by atoms with Gasteiger partial charge in [-0.15, -0.1) is 0 Å². The molecular weight excluding hydrogens is 241 g/mol. The molecule has 0 saturated heterocycles. The fraction of sp³-hybridized carbons (Fsp3) is 0.444. The Kier molecular flexibility index (Phi) is 3.61. The molecule has 8 heteroatoms. The lowest BCUT2D eigenvalue weighted by molar-refractivity contribution is 0.0893. The zero-order valence-electron chi connectivity index (χ0n) is 9.33. The van der Waals surface area contributed by atoms with Crippen molar-refractivity contribution in [2.45, 2.75) is 19.6 Å². The van der Waals surface area contributed by atoms with Gasteiger partial charge in [0.2, 0.25) is 0 Å². The Hall–Kier alpha value is -1.59. The Bertz CT molecular complexity index is 529. The van der Waals surface area contributed by atoms with Crippen molar-refractivity contribution < 1.29 is 9.30 Å². The molecule has 1 radical (unpaired) electrons. The molecule has 17 heavy (non-hydrogen) atoms. The molecule has 2 heterocycles. The molecule has 0 aromatic carbocycles. The average molecular weight is 254 g/mol. The second kappa shape index (κ2) is 5.16. The van der Waals surface area contributed by atoms with Crippen LogP contribution < -0.4 is 5.73 Å². The fourth-order valence-corrected chi connectivity index (χ4v) is 1.89. The second-order valence-corrected chi connectivity index (χ2v) is 4.17. The van der Waals surface area contributed by atoms with Crippen LogP contribution in [-0.4, -0.2) is 32.0 Å². The van der Waals surface area contributed by atoms with Crippen molar-refractivity contribution in [1.29, 1.82) is 0 Å². The second-order valence-electron chi connectivity index (χ2n) is 3.59. The standard InChI is InChI=1S/C9H13N5O2P/c1-6(16-5-17-15)2-14-4-13-7-8(10)11-3-12-9(7)14/h3-4,6,17H,2,5H2,1H3,(H2,10,11,12)/t6-/m1/s1. The molecule has 0 fully saturated rings. The number of rotatable bonds is 5. The summed E-state index contributed by atoms with van der Waals surface area (Å²) in [4.78, 5) is 12.1. The Labute approximate surface area is 99.2 Å². The molecule has 0 bridgehead atoms. The van der Waals surface area contributed by atoms with E-state index in [1.54, 1.807) is 6.33 Å². The van der Waals surface area contributed by atoms with E-state index in [2.05, 4.69) is 15.0 Å². The van der Waals surface area contributed by atoms with E-state index in [0.29, 0.717) is 23.5 Å². The van der Waals surface area contributed by atoms with Gasteiger partial charge in [-0.1, -0.05) is 0 Å². The summed E-state index contributed by atoms with van der Waals surface area (Å²) in [5, 5.41) is 0. The van der Waals surface area contributed by atoms with Crippen LogP contribution in [0.15, 0.2) is 12.7 Å². The smallest absolute Gasteiger partial charge is 0.165 e. The summed E-state index contributed by atoms with van der Waals surface area (Å²) in [7, 11) is -0.445. The lowest BCUT2D eigenvalue weighted by Gasteiger charge is -2.11. The molecule has 0 aliphatic rings. The van der Waals surface area contributed by atoms with Crippen molar-refractivity contribution in [3.05, 3.63) is 12.7 Å². The quantitative estimate of drug-likeness (QED) is 0.792. The number of aromatic nitrogens is 4. The zero-order valence-corrected chi connectivity index (χ0v) is 10.3. The number of nitrogens with zero attached hydrogens (tertiary/aromatic N) is 4. The van der Waals surface area contributed by atoms with E-state index in [1.165, 1.54) is 6.33 Å². The monoisotopic (exact) mass is 254 g/mol. The van der Waals surface area contributed by atoms with Crippen LogP contribution in [0.5, 0.6) is 0 Å². The van der Waals surface area contributed by atoms with Crippen LogP contribution in [0.2, 0.25) is 0 Å². The predicted molar refractivity (Wildman–Crippen MR) is 64.2 cm³/mol. The first-order valence-corrected chi connectivity index (χ1v) is 6.22. The van der Waals surface area contributed by atoms with Crippen LogP contribution in [0.3, 0.4) is 0 Å². The van der Waals surface area contributed by atoms with Gasteiger partial charge in [-0.25, -0.2) is 15.0 Å². The highest BCUT2D eigenvalue weighted by Crippen LogP contribution is 2.15. The van der Waals surface area contributed by atoms with E-state index >= 15 is 0 Å². The van der Waals surface area contributed by atoms with Crippen molar-refractivity contribution in [1.82, 2.24) is 19.5 Å². The molecule has 0 aliphatic carbocycles. The molecule has 2 rings (SSSR count). The number of fused-ring (bicyclic) bond motifs is 1. The van der Waals surface area contributed by atoms with E-state index < -0.39 is 8.46 Å². The Morgan fingerprint density at radius 1 is 1.53 bits per heavy atom. The zero-order chi connectivity index (χ0) is 12.3. The third-order valence-corrected chi connectivity index (χ3v) is 2.59. The molecule has 0 saturated carbocycles. The van der Waals surface area contributed by atoms with Crippen LogP contribution in [0.25, 0.3) is 11.2 Å². The van der Waals surface area contributed by atoms with Crippen LogP contribution in [0.4, 0.5) is 5.82 Å². The van der Waals surface area contributed by atoms with Crippen molar-refractivity contribution in [2.24, 2.45) is 0 Å². The molecule has 2 atom stereocenters. The first-order chi connectivity index (χ1) is 8.22. The maximum Gasteiger partial charge on any atom is 0.165 e. The molecule has 0 spiro atoms. The van der Waals surface area contributed by atoms with Gasteiger partial charge in [0, 0.05) is 0 Å². The molecule has 2 aromatic rings. The number of ether oxygens (including phenoxy) is 1. The minimum atomic E-state index is -0.445. The van der Waals surface area contributed by atoms with E-state index in [9.17, 15) is 4.57 Å². The number of hydrogen-bond donors (Lipinski definition) is 1. The summed E-state index contributed by atoms with van der Waals surface area (Å²) >= 11 is 0. The predicted octanol–water partition coefficient (Wildman–Crippen LogP) is 0.795. The average Bonchev–Trinajstić information content (AvgIpc) is 2.71. The van der Waals surface area contributed by atoms with Gasteiger partial charge in [0.05, 0.1) is 27.4 Å². The van der Waals surface area contributed by atoms with Gasteiger partial charge >= 0.3 is 0 Å². The maximum atomic E-state index is 10.3. The van der Waals surface area contributed by atoms with Gasteiger partial charge in [-0.3, -0.25) is 4.57 Å². The third-order valence-electron chi connectivity index (χ3n) is 2.31. The van der Waals surface area contributed by atoms with E-state index in [4.69, 9.17) is 10.5 Å². The van der Waals surface area contributed by atoms with Gasteiger partial charge in [0.15, 0.2) is 11.5 Å². The summed E-state index contributed by atoms with van der Waals surface area (Å²) in [5.41, 5.74) is 6.95. The van der Waals surface area contributed by atoms with Gasteiger partial charge in [0.1, 0.15) is 18.2 Å². The fourth-order valence-electron chi connectivity index (χ4n) is 1.54. The molecule has 2 aromatic heterocycles. The minimum absolute atomic E-state index is 0.0648. The van der Waals surface area contributed by atoms with Gasteiger partial charge in [0.25, 0.3) is 0 Å². The Morgan fingerprint density at radius 2 is 2.35 bits per heavy atom. The van der Waals surface area contributed by atoms with E-state index in [0.717, 1.165) is 0 Å². The summed E-state index contributed by atoms with van der Waals surface area (Å²) in [6.45, 7) is 2.48. The van der Waals surface area contributed by atoms with Gasteiger partial charge in [-0.05, 0) is 6.92 Å². The maximum absolute atomic E-state index is 10.3.